The predicted molar refractivity (Wildman–Crippen MR) is 51.0 cm³/mol. The third kappa shape index (κ3) is 4.12. The summed E-state index contributed by atoms with van der Waals surface area (Å²) in [4.78, 5) is 12.7. The van der Waals surface area contributed by atoms with Crippen LogP contribution in [0.5, 0.6) is 0 Å². The summed E-state index contributed by atoms with van der Waals surface area (Å²) < 4.78 is 22.3. The maximum Gasteiger partial charge on any atom is 0.331 e. The van der Waals surface area contributed by atoms with Crippen LogP contribution in [0.4, 0.5) is 4.79 Å². The molecule has 0 unspecified atom stereocenters. The Bertz CT molecular complexity index is 247. The Balaban J connectivity index is 4.51. The van der Waals surface area contributed by atoms with E-state index in [4.69, 9.17) is 0 Å². The smallest absolute Gasteiger partial charge is 0.319 e. The number of amides is 2. The van der Waals surface area contributed by atoms with Gasteiger partial charge in [-0.15, -0.1) is 0 Å². The van der Waals surface area contributed by atoms with Gasteiger partial charge in [-0.05, 0) is 27.7 Å². The molecule has 2 amide bonds. The van der Waals surface area contributed by atoms with Crippen LogP contribution in [0.15, 0.2) is 0 Å². The first-order chi connectivity index (χ1) is 5.79. The lowest BCUT2D eigenvalue weighted by molar-refractivity contribution is 0.155. The second-order valence-corrected chi connectivity index (χ2v) is 4.33. The van der Waals surface area contributed by atoms with Gasteiger partial charge in [0.15, 0.2) is 0 Å². The van der Waals surface area contributed by atoms with Gasteiger partial charge in [0.2, 0.25) is 10.9 Å². The number of nitrogens with zero attached hydrogens (tertiary/aromatic N) is 1. The molecule has 0 aromatic carbocycles. The topological polar surface area (TPSA) is 66.5 Å². The van der Waals surface area contributed by atoms with E-state index < -0.39 is 16.9 Å². The molecule has 0 aliphatic rings. The van der Waals surface area contributed by atoms with E-state index in [2.05, 4.69) is 0 Å². The maximum atomic E-state index is 11.3. The summed E-state index contributed by atoms with van der Waals surface area (Å²) in [5.74, 6) is 0. The zero-order valence-corrected chi connectivity index (χ0v) is 9.22. The number of carbonyl (C=O) groups excluding carboxylic acids is 1. The molecule has 1 N–H and O–H groups in total. The molecule has 0 aliphatic heterocycles. The van der Waals surface area contributed by atoms with Gasteiger partial charge in [-0.2, -0.15) is 0 Å². The summed E-state index contributed by atoms with van der Waals surface area (Å²) >= 11 is 0. The van der Waals surface area contributed by atoms with Gasteiger partial charge in [-0.3, -0.25) is 0 Å². The molecule has 0 spiro atoms. The Labute approximate surface area is 80.2 Å². The lowest BCUT2D eigenvalue weighted by Crippen LogP contribution is -2.49. The van der Waals surface area contributed by atoms with Crippen LogP contribution >= 0.6 is 0 Å². The van der Waals surface area contributed by atoms with Crippen molar-refractivity contribution < 1.29 is 13.2 Å². The van der Waals surface area contributed by atoms with Crippen LogP contribution in [-0.2, 0) is 10.9 Å². The molecular formula is C7H16N2O3S. The van der Waals surface area contributed by atoms with Gasteiger partial charge >= 0.3 is 6.03 Å². The van der Waals surface area contributed by atoms with Gasteiger partial charge in [0.1, 0.15) is 0 Å². The summed E-state index contributed by atoms with van der Waals surface area (Å²) in [6, 6.07) is -0.578. The molecule has 0 atom stereocenters. The predicted octanol–water partition coefficient (Wildman–Crippen LogP) is 0.343. The molecule has 0 heterocycles. The number of thiol groups is 1. The van der Waals surface area contributed by atoms with Crippen molar-refractivity contribution in [3.8, 4) is 0 Å². The van der Waals surface area contributed by atoms with E-state index in [1.807, 2.05) is 25.5 Å². The average molecular weight is 208 g/mol. The largest absolute Gasteiger partial charge is 0.331 e. The van der Waals surface area contributed by atoms with Crippen molar-refractivity contribution in [1.29, 1.82) is 0 Å². The third-order valence-electron chi connectivity index (χ3n) is 1.56. The number of nitrogens with one attached hydrogen (secondary N) is 1. The molecule has 0 aromatic rings. The van der Waals surface area contributed by atoms with Gasteiger partial charge in [0, 0.05) is 12.1 Å². The van der Waals surface area contributed by atoms with Crippen LogP contribution < -0.4 is 4.72 Å². The van der Waals surface area contributed by atoms with Crippen molar-refractivity contribution in [2.45, 2.75) is 33.2 Å². The molecule has 0 saturated heterocycles. The van der Waals surface area contributed by atoms with Crippen molar-refractivity contribution in [1.82, 2.24) is 9.62 Å². The van der Waals surface area contributed by atoms with Crippen LogP contribution in [0.1, 0.15) is 27.7 Å². The number of hydrogen-bond donors (Lipinski definition) is 2. The summed E-state index contributed by atoms with van der Waals surface area (Å²) in [6.45, 7) is 7.79. The van der Waals surface area contributed by atoms with Crippen molar-refractivity contribution in [2.75, 3.05) is 6.54 Å². The molecule has 0 saturated carbocycles. The molecule has 5 nitrogen and oxygen atoms in total. The van der Waals surface area contributed by atoms with Gasteiger partial charge in [0.05, 0.1) is 0 Å². The van der Waals surface area contributed by atoms with Crippen LogP contribution in [0.25, 0.3) is 0 Å². The fourth-order valence-corrected chi connectivity index (χ4v) is 1.34. The van der Waals surface area contributed by atoms with Crippen molar-refractivity contribution >= 4 is 16.9 Å². The highest BCUT2D eigenvalue weighted by atomic mass is 32.2. The zero-order valence-electron chi connectivity index (χ0n) is 8.33. The van der Waals surface area contributed by atoms with Gasteiger partial charge in [-0.1, -0.05) is 0 Å². The minimum atomic E-state index is -2.87. The van der Waals surface area contributed by atoms with Gasteiger partial charge in [0.25, 0.3) is 0 Å². The third-order valence-corrected chi connectivity index (χ3v) is 1.93. The monoisotopic (exact) mass is 208 g/mol. The molecule has 0 bridgehead atoms. The standard InChI is InChI=1S/C7H16N2O3S/c1-5-9(7(2,3)4)6(10)8-13(11)12/h13H,5H2,1-4H3,(H,8,10,11,12). The lowest BCUT2D eigenvalue weighted by atomic mass is 10.1. The van der Waals surface area contributed by atoms with Crippen molar-refractivity contribution in [2.24, 2.45) is 0 Å². The van der Waals surface area contributed by atoms with E-state index in [9.17, 15) is 13.2 Å². The van der Waals surface area contributed by atoms with E-state index in [1.54, 1.807) is 6.92 Å². The zero-order chi connectivity index (χ0) is 10.6. The Kier molecular flexibility index (Phi) is 4.19. The van der Waals surface area contributed by atoms with Crippen LogP contribution in [0, 0.1) is 0 Å². The fourth-order valence-electron chi connectivity index (χ4n) is 1.06. The van der Waals surface area contributed by atoms with E-state index in [-0.39, 0.29) is 5.54 Å². The van der Waals surface area contributed by atoms with E-state index >= 15 is 0 Å². The second-order valence-electron chi connectivity index (χ2n) is 3.59. The number of hydrogen-bond acceptors (Lipinski definition) is 3. The number of carbonyl (C=O) groups is 1. The Morgan fingerprint density at radius 1 is 1.38 bits per heavy atom. The van der Waals surface area contributed by atoms with E-state index in [0.29, 0.717) is 6.54 Å². The lowest BCUT2D eigenvalue weighted by Gasteiger charge is -2.33. The molecule has 0 aromatic heterocycles. The summed E-state index contributed by atoms with van der Waals surface area (Å²) in [7, 11) is -2.87. The molecule has 6 heteroatoms. The SMILES string of the molecule is CCN(C(=O)N[SH](=O)=O)C(C)(C)C. The van der Waals surface area contributed by atoms with E-state index in [0.717, 1.165) is 0 Å². The van der Waals surface area contributed by atoms with Gasteiger partial charge in [-0.25, -0.2) is 17.9 Å². The van der Waals surface area contributed by atoms with E-state index in [1.165, 1.54) is 4.90 Å². The molecule has 0 radical (unpaired) electrons. The highest BCUT2D eigenvalue weighted by molar-refractivity contribution is 7.70. The molecule has 0 aliphatic carbocycles. The highest BCUT2D eigenvalue weighted by Gasteiger charge is 2.24. The summed E-state index contributed by atoms with van der Waals surface area (Å²) in [5, 5.41) is 0. The quantitative estimate of drug-likeness (QED) is 0.643. The van der Waals surface area contributed by atoms with Crippen LogP contribution in [-0.4, -0.2) is 31.4 Å². The number of rotatable bonds is 2. The molecule has 0 rings (SSSR count). The molecule has 78 valence electrons. The normalized spacial score (nSPS) is 11.5. The van der Waals surface area contributed by atoms with Crippen LogP contribution in [0.3, 0.4) is 0 Å². The van der Waals surface area contributed by atoms with Crippen LogP contribution in [0.2, 0.25) is 0 Å². The Hall–Kier alpha value is -0.780. The highest BCUT2D eigenvalue weighted by Crippen LogP contribution is 2.12. The Morgan fingerprint density at radius 2 is 1.85 bits per heavy atom. The first-order valence-corrected chi connectivity index (χ1v) is 5.19. The average Bonchev–Trinajstić information content (AvgIpc) is 1.82. The second kappa shape index (κ2) is 4.45. The minimum absolute atomic E-state index is 0.371. The molecule has 13 heavy (non-hydrogen) atoms. The fraction of sp³-hybridized carbons (Fsp3) is 0.857. The van der Waals surface area contributed by atoms with Crippen molar-refractivity contribution in [3.63, 3.8) is 0 Å². The maximum absolute atomic E-state index is 11.3. The Morgan fingerprint density at radius 3 is 2.08 bits per heavy atom. The first-order valence-electron chi connectivity index (χ1n) is 4.01. The summed E-state index contributed by atoms with van der Waals surface area (Å²) in [6.07, 6.45) is 0. The van der Waals surface area contributed by atoms with Gasteiger partial charge < -0.3 is 4.90 Å². The van der Waals surface area contributed by atoms with Crippen molar-refractivity contribution in [3.05, 3.63) is 0 Å². The first kappa shape index (κ1) is 12.2. The minimum Gasteiger partial charge on any atom is -0.319 e. The number of urea groups is 1. The molecule has 0 fully saturated rings. The molecular weight excluding hydrogens is 192 g/mol. The summed E-state index contributed by atoms with van der Waals surface area (Å²) in [5.41, 5.74) is -0.371.